The van der Waals surface area contributed by atoms with Crippen molar-refractivity contribution in [1.82, 2.24) is 0 Å². The number of hydrogen-bond donors (Lipinski definition) is 1. The summed E-state index contributed by atoms with van der Waals surface area (Å²) in [5.41, 5.74) is 6.33. The van der Waals surface area contributed by atoms with Crippen LogP contribution in [0.15, 0.2) is 53.0 Å². The summed E-state index contributed by atoms with van der Waals surface area (Å²) >= 11 is 0. The van der Waals surface area contributed by atoms with E-state index in [9.17, 15) is 4.79 Å². The van der Waals surface area contributed by atoms with Crippen LogP contribution < -0.4 is 10.1 Å². The normalized spacial score (nSPS) is 14.7. The van der Waals surface area contributed by atoms with Crippen molar-refractivity contribution >= 4 is 23.1 Å². The average Bonchev–Trinajstić information content (AvgIpc) is 3.20. The number of aliphatic imine (C=N–C) groups is 1. The van der Waals surface area contributed by atoms with Crippen LogP contribution in [0.5, 0.6) is 5.75 Å². The lowest BCUT2D eigenvalue weighted by molar-refractivity contribution is 0.0601. The first-order valence-electron chi connectivity index (χ1n) is 8.09. The van der Waals surface area contributed by atoms with E-state index in [1.165, 1.54) is 29.4 Å². The van der Waals surface area contributed by atoms with Gasteiger partial charge in [-0.2, -0.15) is 0 Å². The van der Waals surface area contributed by atoms with Crippen LogP contribution in [-0.2, 0) is 11.2 Å². The van der Waals surface area contributed by atoms with E-state index in [1.54, 1.807) is 19.2 Å². The number of methoxy groups -OCH3 is 2. The second kappa shape index (κ2) is 6.09. The number of benzene rings is 2. The maximum atomic E-state index is 11.7. The third-order valence-corrected chi connectivity index (χ3v) is 4.60. The van der Waals surface area contributed by atoms with Gasteiger partial charge in [0.1, 0.15) is 11.6 Å². The Morgan fingerprint density at radius 2 is 2.00 bits per heavy atom. The maximum Gasteiger partial charge on any atom is 0.337 e. The fraction of sp³-hybridized carbons (Fsp3) is 0.200. The largest absolute Gasteiger partial charge is 0.497 e. The number of ether oxygens (including phenoxy) is 2. The number of hydrogen-bond acceptors (Lipinski definition) is 5. The van der Waals surface area contributed by atoms with Gasteiger partial charge in [-0.15, -0.1) is 0 Å². The SMILES string of the molecule is COC(=O)c1cccc(NC2=NCC3=C2Cc2cc(OC)ccc23)c1. The maximum absolute atomic E-state index is 11.7. The highest BCUT2D eigenvalue weighted by Crippen LogP contribution is 2.38. The molecular formula is C20H18N2O3. The Labute approximate surface area is 146 Å². The molecule has 0 atom stereocenters. The van der Waals surface area contributed by atoms with Gasteiger partial charge in [-0.25, -0.2) is 4.79 Å². The summed E-state index contributed by atoms with van der Waals surface area (Å²) in [6, 6.07) is 13.4. The van der Waals surface area contributed by atoms with Gasteiger partial charge in [-0.1, -0.05) is 12.1 Å². The lowest BCUT2D eigenvalue weighted by Crippen LogP contribution is -2.14. The molecule has 0 spiro atoms. The van der Waals surface area contributed by atoms with Gasteiger partial charge in [0.2, 0.25) is 0 Å². The number of fused-ring (bicyclic) bond motifs is 2. The average molecular weight is 334 g/mol. The first kappa shape index (κ1) is 15.4. The van der Waals surface area contributed by atoms with E-state index in [1.807, 2.05) is 18.2 Å². The van der Waals surface area contributed by atoms with Gasteiger partial charge < -0.3 is 14.8 Å². The zero-order chi connectivity index (χ0) is 17.4. The molecule has 4 rings (SSSR count). The van der Waals surface area contributed by atoms with Gasteiger partial charge in [-0.3, -0.25) is 4.99 Å². The van der Waals surface area contributed by atoms with Gasteiger partial charge in [0.15, 0.2) is 0 Å². The smallest absolute Gasteiger partial charge is 0.337 e. The topological polar surface area (TPSA) is 59.9 Å². The van der Waals surface area contributed by atoms with Gasteiger partial charge >= 0.3 is 5.97 Å². The number of amidine groups is 1. The van der Waals surface area contributed by atoms with Crippen molar-refractivity contribution in [3.8, 4) is 5.75 Å². The number of anilines is 1. The lowest BCUT2D eigenvalue weighted by Gasteiger charge is -2.10. The molecule has 2 aromatic rings. The lowest BCUT2D eigenvalue weighted by atomic mass is 10.1. The minimum absolute atomic E-state index is 0.350. The van der Waals surface area contributed by atoms with Crippen molar-refractivity contribution in [2.24, 2.45) is 4.99 Å². The van der Waals surface area contributed by atoms with Crippen LogP contribution in [0.3, 0.4) is 0 Å². The third kappa shape index (κ3) is 2.67. The highest BCUT2D eigenvalue weighted by atomic mass is 16.5. The molecule has 0 bridgehead atoms. The number of carbonyl (C=O) groups excluding carboxylic acids is 1. The Morgan fingerprint density at radius 1 is 1.12 bits per heavy atom. The van der Waals surface area contributed by atoms with Crippen LogP contribution in [0.4, 0.5) is 5.69 Å². The summed E-state index contributed by atoms with van der Waals surface area (Å²) in [4.78, 5) is 16.3. The fourth-order valence-electron chi connectivity index (χ4n) is 3.35. The predicted octanol–water partition coefficient (Wildman–Crippen LogP) is 3.32. The number of nitrogens with zero attached hydrogens (tertiary/aromatic N) is 1. The van der Waals surface area contributed by atoms with Crippen molar-refractivity contribution in [2.75, 3.05) is 26.1 Å². The molecule has 0 saturated carbocycles. The monoisotopic (exact) mass is 334 g/mol. The predicted molar refractivity (Wildman–Crippen MR) is 97.3 cm³/mol. The standard InChI is InChI=1S/C20H18N2O3/c1-24-15-6-7-16-13(9-15)10-17-18(16)11-21-19(17)22-14-5-3-4-12(8-14)20(23)25-2/h3-9H,10-11H2,1-2H3,(H,21,22). The highest BCUT2D eigenvalue weighted by Gasteiger charge is 2.29. The quantitative estimate of drug-likeness (QED) is 0.875. The molecule has 5 nitrogen and oxygen atoms in total. The van der Waals surface area contributed by atoms with Crippen LogP contribution in [0, 0.1) is 0 Å². The molecule has 0 amide bonds. The van der Waals surface area contributed by atoms with E-state index in [0.29, 0.717) is 12.1 Å². The van der Waals surface area contributed by atoms with E-state index in [2.05, 4.69) is 22.4 Å². The third-order valence-electron chi connectivity index (χ3n) is 4.60. The summed E-state index contributed by atoms with van der Waals surface area (Å²) in [5, 5.41) is 3.35. The molecule has 0 fully saturated rings. The highest BCUT2D eigenvalue weighted by molar-refractivity contribution is 6.17. The van der Waals surface area contributed by atoms with Crippen LogP contribution in [0.1, 0.15) is 21.5 Å². The second-order valence-corrected chi connectivity index (χ2v) is 6.02. The fourth-order valence-corrected chi connectivity index (χ4v) is 3.35. The second-order valence-electron chi connectivity index (χ2n) is 6.02. The zero-order valence-electron chi connectivity index (χ0n) is 14.1. The van der Waals surface area contributed by atoms with Crippen LogP contribution >= 0.6 is 0 Å². The molecule has 2 aliphatic rings. The van der Waals surface area contributed by atoms with Crippen molar-refractivity contribution in [3.63, 3.8) is 0 Å². The molecule has 0 saturated heterocycles. The summed E-state index contributed by atoms with van der Waals surface area (Å²) in [7, 11) is 3.06. The van der Waals surface area contributed by atoms with Crippen LogP contribution in [0.25, 0.3) is 5.57 Å². The van der Waals surface area contributed by atoms with Gasteiger partial charge in [0.25, 0.3) is 0 Å². The molecule has 5 heteroatoms. The molecule has 2 aromatic carbocycles. The summed E-state index contributed by atoms with van der Waals surface area (Å²) < 4.78 is 10.1. The minimum atomic E-state index is -0.350. The molecule has 1 aliphatic carbocycles. The van der Waals surface area contributed by atoms with E-state index in [-0.39, 0.29) is 5.97 Å². The Bertz CT molecular complexity index is 928. The van der Waals surface area contributed by atoms with E-state index in [4.69, 9.17) is 9.47 Å². The molecule has 1 aliphatic heterocycles. The number of rotatable bonds is 3. The molecule has 1 heterocycles. The Balaban J connectivity index is 1.57. The number of esters is 1. The first-order valence-corrected chi connectivity index (χ1v) is 8.09. The van der Waals surface area contributed by atoms with Crippen molar-refractivity contribution in [3.05, 3.63) is 64.7 Å². The Morgan fingerprint density at radius 3 is 2.80 bits per heavy atom. The molecule has 126 valence electrons. The molecule has 0 aromatic heterocycles. The first-order chi connectivity index (χ1) is 12.2. The van der Waals surface area contributed by atoms with Crippen molar-refractivity contribution < 1.29 is 14.3 Å². The zero-order valence-corrected chi connectivity index (χ0v) is 14.1. The summed E-state index contributed by atoms with van der Waals surface area (Å²) in [5.74, 6) is 1.39. The van der Waals surface area contributed by atoms with E-state index in [0.717, 1.165) is 23.7 Å². The van der Waals surface area contributed by atoms with Gasteiger partial charge in [0, 0.05) is 17.7 Å². The summed E-state index contributed by atoms with van der Waals surface area (Å²) in [6.07, 6.45) is 0.838. The Kier molecular flexibility index (Phi) is 3.76. The molecule has 0 radical (unpaired) electrons. The van der Waals surface area contributed by atoms with E-state index >= 15 is 0 Å². The van der Waals surface area contributed by atoms with Crippen molar-refractivity contribution in [1.29, 1.82) is 0 Å². The van der Waals surface area contributed by atoms with Gasteiger partial charge in [0.05, 0.1) is 26.3 Å². The molecule has 1 N–H and O–H groups in total. The minimum Gasteiger partial charge on any atom is -0.497 e. The van der Waals surface area contributed by atoms with Crippen molar-refractivity contribution in [2.45, 2.75) is 6.42 Å². The molecular weight excluding hydrogens is 316 g/mol. The van der Waals surface area contributed by atoms with E-state index < -0.39 is 0 Å². The number of nitrogens with one attached hydrogen (secondary N) is 1. The van der Waals surface area contributed by atoms with Crippen LogP contribution in [-0.4, -0.2) is 32.6 Å². The number of carbonyl (C=O) groups is 1. The van der Waals surface area contributed by atoms with Gasteiger partial charge in [-0.05, 0) is 47.0 Å². The molecule has 0 unspecified atom stereocenters. The summed E-state index contributed by atoms with van der Waals surface area (Å²) in [6.45, 7) is 0.674. The van der Waals surface area contributed by atoms with Crippen LogP contribution in [0.2, 0.25) is 0 Å². The Hall–Kier alpha value is -3.08. The molecule has 25 heavy (non-hydrogen) atoms.